The van der Waals surface area contributed by atoms with Crippen LogP contribution in [0.2, 0.25) is 0 Å². The fourth-order valence-corrected chi connectivity index (χ4v) is 2.92. The number of halogens is 1. The third-order valence-electron chi connectivity index (χ3n) is 4.31. The summed E-state index contributed by atoms with van der Waals surface area (Å²) in [5.74, 6) is -0.762. The van der Waals surface area contributed by atoms with Crippen LogP contribution in [0.5, 0.6) is 0 Å². The van der Waals surface area contributed by atoms with E-state index in [2.05, 4.69) is 5.32 Å². The van der Waals surface area contributed by atoms with Gasteiger partial charge in [0.25, 0.3) is 5.91 Å². The molecule has 0 aromatic heterocycles. The number of rotatable bonds is 8. The van der Waals surface area contributed by atoms with E-state index >= 15 is 0 Å². The molecule has 27 heavy (non-hydrogen) atoms. The lowest BCUT2D eigenvalue weighted by atomic mass is 10.1. The van der Waals surface area contributed by atoms with Crippen LogP contribution in [-0.2, 0) is 22.6 Å². The molecule has 3 rings (SSSR count). The molecule has 2 aromatic rings. The first-order valence-electron chi connectivity index (χ1n) is 8.69. The molecule has 1 heterocycles. The predicted octanol–water partition coefficient (Wildman–Crippen LogP) is 1.87. The number of hydrogen-bond donors (Lipinski definition) is 2. The summed E-state index contributed by atoms with van der Waals surface area (Å²) in [5.41, 5.74) is 1.31. The SMILES string of the molecule is O=C1N[C@H](Cc2ccccc2)C(=O)N1C[C@H](O)COCc1ccccc1F. The Bertz CT molecular complexity index is 800. The van der Waals surface area contributed by atoms with Crippen molar-refractivity contribution in [2.45, 2.75) is 25.2 Å². The van der Waals surface area contributed by atoms with Crippen molar-refractivity contribution in [3.05, 3.63) is 71.5 Å². The van der Waals surface area contributed by atoms with Crippen LogP contribution in [0.15, 0.2) is 54.6 Å². The molecule has 2 atom stereocenters. The number of nitrogens with one attached hydrogen (secondary N) is 1. The van der Waals surface area contributed by atoms with Gasteiger partial charge in [0.1, 0.15) is 11.9 Å². The monoisotopic (exact) mass is 372 g/mol. The van der Waals surface area contributed by atoms with Crippen molar-refractivity contribution >= 4 is 11.9 Å². The zero-order chi connectivity index (χ0) is 19.2. The molecule has 0 unspecified atom stereocenters. The van der Waals surface area contributed by atoms with Gasteiger partial charge in [-0.1, -0.05) is 48.5 Å². The van der Waals surface area contributed by atoms with E-state index in [-0.39, 0.29) is 31.5 Å². The summed E-state index contributed by atoms with van der Waals surface area (Å²) in [6.07, 6.45) is -0.663. The van der Waals surface area contributed by atoms with E-state index in [4.69, 9.17) is 4.74 Å². The third kappa shape index (κ3) is 4.90. The maximum absolute atomic E-state index is 13.5. The molecule has 0 spiro atoms. The van der Waals surface area contributed by atoms with Crippen molar-refractivity contribution < 1.29 is 23.8 Å². The van der Waals surface area contributed by atoms with Gasteiger partial charge >= 0.3 is 6.03 Å². The first-order valence-corrected chi connectivity index (χ1v) is 8.69. The van der Waals surface area contributed by atoms with E-state index in [0.717, 1.165) is 10.5 Å². The number of aliphatic hydroxyl groups excluding tert-OH is 1. The summed E-state index contributed by atoms with van der Waals surface area (Å²) in [6.45, 7) is -0.289. The Kier molecular flexibility index (Phi) is 6.16. The van der Waals surface area contributed by atoms with Gasteiger partial charge in [-0.2, -0.15) is 0 Å². The zero-order valence-electron chi connectivity index (χ0n) is 14.7. The van der Waals surface area contributed by atoms with E-state index in [1.807, 2.05) is 30.3 Å². The Labute approximate surface area is 156 Å². The topological polar surface area (TPSA) is 78.9 Å². The molecule has 2 aromatic carbocycles. The van der Waals surface area contributed by atoms with Crippen molar-refractivity contribution in [3.8, 4) is 0 Å². The van der Waals surface area contributed by atoms with E-state index in [9.17, 15) is 19.1 Å². The van der Waals surface area contributed by atoms with Gasteiger partial charge in [0.15, 0.2) is 0 Å². The van der Waals surface area contributed by atoms with E-state index < -0.39 is 18.2 Å². The molecule has 1 fully saturated rings. The fraction of sp³-hybridized carbons (Fsp3) is 0.300. The average molecular weight is 372 g/mol. The average Bonchev–Trinajstić information content (AvgIpc) is 2.91. The highest BCUT2D eigenvalue weighted by atomic mass is 19.1. The molecule has 1 aliphatic rings. The summed E-state index contributed by atoms with van der Waals surface area (Å²) in [4.78, 5) is 25.5. The maximum atomic E-state index is 13.5. The number of imide groups is 1. The van der Waals surface area contributed by atoms with Gasteiger partial charge in [0.2, 0.25) is 0 Å². The molecule has 2 N–H and O–H groups in total. The number of hydrogen-bond acceptors (Lipinski definition) is 4. The molecule has 0 aliphatic carbocycles. The molecule has 1 saturated heterocycles. The summed E-state index contributed by atoms with van der Waals surface area (Å²) >= 11 is 0. The second kappa shape index (κ2) is 8.75. The van der Waals surface area contributed by atoms with Gasteiger partial charge in [-0.05, 0) is 11.6 Å². The summed E-state index contributed by atoms with van der Waals surface area (Å²) in [7, 11) is 0. The van der Waals surface area contributed by atoms with Gasteiger partial charge < -0.3 is 15.2 Å². The maximum Gasteiger partial charge on any atom is 0.324 e. The van der Waals surface area contributed by atoms with Gasteiger partial charge in [-0.3, -0.25) is 9.69 Å². The Balaban J connectivity index is 1.48. The number of carbonyl (C=O) groups excluding carboxylic acids is 2. The minimum atomic E-state index is -1.05. The number of urea groups is 1. The van der Waals surface area contributed by atoms with Crippen molar-refractivity contribution in [1.29, 1.82) is 0 Å². The van der Waals surface area contributed by atoms with Crippen LogP contribution in [0, 0.1) is 5.82 Å². The van der Waals surface area contributed by atoms with Gasteiger partial charge in [0, 0.05) is 12.0 Å². The van der Waals surface area contributed by atoms with Crippen LogP contribution in [0.25, 0.3) is 0 Å². The minimum absolute atomic E-state index is 0.000504. The van der Waals surface area contributed by atoms with Crippen LogP contribution in [0.1, 0.15) is 11.1 Å². The van der Waals surface area contributed by atoms with Crippen LogP contribution >= 0.6 is 0 Å². The van der Waals surface area contributed by atoms with Crippen LogP contribution in [0.3, 0.4) is 0 Å². The van der Waals surface area contributed by atoms with E-state index in [1.165, 1.54) is 6.07 Å². The lowest BCUT2D eigenvalue weighted by Crippen LogP contribution is -2.39. The molecular weight excluding hydrogens is 351 g/mol. The Hall–Kier alpha value is -2.77. The predicted molar refractivity (Wildman–Crippen MR) is 96.2 cm³/mol. The molecule has 7 heteroatoms. The van der Waals surface area contributed by atoms with Gasteiger partial charge in [0.05, 0.1) is 25.9 Å². The molecule has 3 amide bonds. The third-order valence-corrected chi connectivity index (χ3v) is 4.31. The first-order chi connectivity index (χ1) is 13.0. The zero-order valence-corrected chi connectivity index (χ0v) is 14.7. The smallest absolute Gasteiger partial charge is 0.324 e. The summed E-state index contributed by atoms with van der Waals surface area (Å²) in [5, 5.41) is 12.7. The largest absolute Gasteiger partial charge is 0.389 e. The standard InChI is InChI=1S/C20H21FN2O4/c21-17-9-5-4-8-15(17)12-27-13-16(24)11-23-19(25)18(22-20(23)26)10-14-6-2-1-3-7-14/h1-9,16,18,24H,10-13H2,(H,22,26)/t16-,18+/m0/s1. The van der Waals surface area contributed by atoms with Crippen molar-refractivity contribution in [2.75, 3.05) is 13.2 Å². The second-order valence-corrected chi connectivity index (χ2v) is 6.40. The number of nitrogens with zero attached hydrogens (tertiary/aromatic N) is 1. The van der Waals surface area contributed by atoms with Crippen LogP contribution in [0.4, 0.5) is 9.18 Å². The molecule has 0 bridgehead atoms. The minimum Gasteiger partial charge on any atom is -0.389 e. The van der Waals surface area contributed by atoms with Gasteiger partial charge in [-0.25, -0.2) is 9.18 Å². The summed E-state index contributed by atoms with van der Waals surface area (Å²) < 4.78 is 18.8. The number of benzene rings is 2. The van der Waals surface area contributed by atoms with Crippen molar-refractivity contribution in [2.24, 2.45) is 0 Å². The van der Waals surface area contributed by atoms with Crippen molar-refractivity contribution in [1.82, 2.24) is 10.2 Å². The number of aliphatic hydroxyl groups is 1. The Morgan fingerprint density at radius 2 is 1.81 bits per heavy atom. The summed E-state index contributed by atoms with van der Waals surface area (Å²) in [6, 6.07) is 14.4. The van der Waals surface area contributed by atoms with E-state index in [0.29, 0.717) is 12.0 Å². The van der Waals surface area contributed by atoms with Crippen LogP contribution < -0.4 is 5.32 Å². The number of carbonyl (C=O) groups is 2. The first kappa shape index (κ1) is 19.0. The van der Waals surface area contributed by atoms with Crippen LogP contribution in [-0.4, -0.2) is 47.2 Å². The number of ether oxygens (including phenoxy) is 1. The van der Waals surface area contributed by atoms with E-state index in [1.54, 1.807) is 18.2 Å². The quantitative estimate of drug-likeness (QED) is 0.694. The lowest BCUT2D eigenvalue weighted by Gasteiger charge is -2.18. The lowest BCUT2D eigenvalue weighted by molar-refractivity contribution is -0.128. The molecule has 1 aliphatic heterocycles. The Morgan fingerprint density at radius 1 is 1.11 bits per heavy atom. The highest BCUT2D eigenvalue weighted by Crippen LogP contribution is 2.13. The number of amides is 3. The fourth-order valence-electron chi connectivity index (χ4n) is 2.92. The van der Waals surface area contributed by atoms with Crippen molar-refractivity contribution in [3.63, 3.8) is 0 Å². The van der Waals surface area contributed by atoms with Gasteiger partial charge in [-0.15, -0.1) is 0 Å². The Morgan fingerprint density at radius 3 is 2.56 bits per heavy atom. The molecule has 6 nitrogen and oxygen atoms in total. The number of β-amino-alcohol motifs (C(OH)–C–C–N with tert-alkyl or cyclic N) is 1. The molecular formula is C20H21FN2O4. The molecule has 0 saturated carbocycles. The molecule has 142 valence electrons. The normalized spacial score (nSPS) is 17.9. The second-order valence-electron chi connectivity index (χ2n) is 6.40. The highest BCUT2D eigenvalue weighted by molar-refractivity contribution is 6.04. The highest BCUT2D eigenvalue weighted by Gasteiger charge is 2.38. The molecule has 0 radical (unpaired) electrons.